The van der Waals surface area contributed by atoms with Gasteiger partial charge in [0.2, 0.25) is 0 Å². The van der Waals surface area contributed by atoms with Crippen molar-refractivity contribution in [1.82, 2.24) is 10.6 Å². The molecule has 0 radical (unpaired) electrons. The molecule has 22 heavy (non-hydrogen) atoms. The number of alkyl carbamates (subject to hydrolysis) is 2. The van der Waals surface area contributed by atoms with Gasteiger partial charge in [0.05, 0.1) is 0 Å². The number of hydrogen-bond donors (Lipinski definition) is 2. The van der Waals surface area contributed by atoms with E-state index >= 15 is 0 Å². The second kappa shape index (κ2) is 7.20. The molecular formula is C16H30N2O4. The molecule has 1 unspecified atom stereocenters. The molecule has 0 aromatic heterocycles. The molecule has 6 heteroatoms. The van der Waals surface area contributed by atoms with E-state index in [0.717, 1.165) is 19.3 Å². The molecule has 0 saturated heterocycles. The molecule has 1 aliphatic carbocycles. The van der Waals surface area contributed by atoms with Crippen molar-refractivity contribution in [2.45, 2.75) is 90.5 Å². The standard InChI is InChI=1S/C16H30N2O4/c1-15(2,3)21-13(19)17-11-8-7-9-12(10-11)18-14(20)22-16(4,5)6/h11-12H,7-10H2,1-6H3,(H,17,19)(H,18,20)/t11-,12?/m0/s1. The van der Waals surface area contributed by atoms with Gasteiger partial charge in [-0.3, -0.25) is 0 Å². The summed E-state index contributed by atoms with van der Waals surface area (Å²) in [6.45, 7) is 11.0. The van der Waals surface area contributed by atoms with Crippen molar-refractivity contribution in [3.05, 3.63) is 0 Å². The van der Waals surface area contributed by atoms with Gasteiger partial charge in [-0.1, -0.05) is 0 Å². The second-order valence-corrected chi connectivity index (χ2v) is 7.85. The fourth-order valence-electron chi connectivity index (χ4n) is 2.40. The Hall–Kier alpha value is -1.46. The predicted octanol–water partition coefficient (Wildman–Crippen LogP) is 3.35. The van der Waals surface area contributed by atoms with Gasteiger partial charge in [0, 0.05) is 12.1 Å². The third kappa shape index (κ3) is 8.10. The van der Waals surface area contributed by atoms with Gasteiger partial charge < -0.3 is 20.1 Å². The minimum Gasteiger partial charge on any atom is -0.444 e. The maximum absolute atomic E-state index is 11.8. The summed E-state index contributed by atoms with van der Waals surface area (Å²) in [6, 6.07) is 0.0343. The number of amides is 2. The van der Waals surface area contributed by atoms with E-state index in [1.54, 1.807) is 0 Å². The fraction of sp³-hybridized carbons (Fsp3) is 0.875. The van der Waals surface area contributed by atoms with Crippen LogP contribution in [0.5, 0.6) is 0 Å². The van der Waals surface area contributed by atoms with E-state index in [4.69, 9.17) is 9.47 Å². The van der Waals surface area contributed by atoms with Crippen molar-refractivity contribution in [2.75, 3.05) is 0 Å². The Morgan fingerprint density at radius 1 is 0.818 bits per heavy atom. The Labute approximate surface area is 133 Å². The maximum Gasteiger partial charge on any atom is 0.407 e. The molecule has 2 atom stereocenters. The lowest BCUT2D eigenvalue weighted by Crippen LogP contribution is -2.47. The molecule has 2 N–H and O–H groups in total. The fourth-order valence-corrected chi connectivity index (χ4v) is 2.40. The van der Waals surface area contributed by atoms with Crippen molar-refractivity contribution in [3.63, 3.8) is 0 Å². The van der Waals surface area contributed by atoms with Crippen molar-refractivity contribution >= 4 is 12.2 Å². The van der Waals surface area contributed by atoms with E-state index in [1.807, 2.05) is 41.5 Å². The summed E-state index contributed by atoms with van der Waals surface area (Å²) in [4.78, 5) is 23.6. The van der Waals surface area contributed by atoms with E-state index in [0.29, 0.717) is 6.42 Å². The van der Waals surface area contributed by atoms with Crippen LogP contribution in [0.3, 0.4) is 0 Å². The van der Waals surface area contributed by atoms with Crippen LogP contribution in [0.25, 0.3) is 0 Å². The average molecular weight is 314 g/mol. The highest BCUT2D eigenvalue weighted by atomic mass is 16.6. The summed E-state index contributed by atoms with van der Waals surface area (Å²) < 4.78 is 10.5. The van der Waals surface area contributed by atoms with Crippen LogP contribution >= 0.6 is 0 Å². The molecular weight excluding hydrogens is 284 g/mol. The maximum atomic E-state index is 11.8. The van der Waals surface area contributed by atoms with Gasteiger partial charge >= 0.3 is 12.2 Å². The van der Waals surface area contributed by atoms with E-state index in [-0.39, 0.29) is 12.1 Å². The van der Waals surface area contributed by atoms with Crippen molar-refractivity contribution in [1.29, 1.82) is 0 Å². The zero-order valence-electron chi connectivity index (χ0n) is 14.6. The summed E-state index contributed by atoms with van der Waals surface area (Å²) in [7, 11) is 0. The smallest absolute Gasteiger partial charge is 0.407 e. The lowest BCUT2D eigenvalue weighted by Gasteiger charge is -2.31. The summed E-state index contributed by atoms with van der Waals surface area (Å²) in [5.41, 5.74) is -1.01. The third-order valence-electron chi connectivity index (χ3n) is 3.12. The van der Waals surface area contributed by atoms with Crippen LogP contribution in [0.1, 0.15) is 67.2 Å². The molecule has 0 bridgehead atoms. The molecule has 0 aromatic carbocycles. The zero-order valence-corrected chi connectivity index (χ0v) is 14.6. The summed E-state index contributed by atoms with van der Waals surface area (Å²) >= 11 is 0. The highest BCUT2D eigenvalue weighted by molar-refractivity contribution is 5.69. The first-order valence-corrected chi connectivity index (χ1v) is 7.94. The molecule has 1 rings (SSSR count). The van der Waals surface area contributed by atoms with Crippen LogP contribution in [0.4, 0.5) is 9.59 Å². The van der Waals surface area contributed by atoms with E-state index < -0.39 is 23.4 Å². The largest absolute Gasteiger partial charge is 0.444 e. The highest BCUT2D eigenvalue weighted by Gasteiger charge is 2.27. The van der Waals surface area contributed by atoms with Crippen molar-refractivity contribution in [3.8, 4) is 0 Å². The topological polar surface area (TPSA) is 76.7 Å². The van der Waals surface area contributed by atoms with E-state index in [9.17, 15) is 9.59 Å². The molecule has 1 saturated carbocycles. The summed E-state index contributed by atoms with van der Waals surface area (Å²) in [6.07, 6.45) is 2.61. The Morgan fingerprint density at radius 3 is 1.50 bits per heavy atom. The van der Waals surface area contributed by atoms with Crippen LogP contribution in [-0.4, -0.2) is 35.5 Å². The van der Waals surface area contributed by atoms with Crippen LogP contribution in [-0.2, 0) is 9.47 Å². The zero-order chi connectivity index (χ0) is 17.0. The van der Waals surface area contributed by atoms with Crippen LogP contribution in [0.2, 0.25) is 0 Å². The number of rotatable bonds is 2. The van der Waals surface area contributed by atoms with E-state index in [2.05, 4.69) is 10.6 Å². The van der Waals surface area contributed by atoms with Crippen LogP contribution in [0.15, 0.2) is 0 Å². The van der Waals surface area contributed by atoms with E-state index in [1.165, 1.54) is 0 Å². The molecule has 1 fully saturated rings. The van der Waals surface area contributed by atoms with Gasteiger partial charge in [0.15, 0.2) is 0 Å². The average Bonchev–Trinajstić information content (AvgIpc) is 2.22. The number of carbonyl (C=O) groups excluding carboxylic acids is 2. The minimum absolute atomic E-state index is 0.0172. The molecule has 0 heterocycles. The Bertz CT molecular complexity index is 360. The molecule has 0 aliphatic heterocycles. The second-order valence-electron chi connectivity index (χ2n) is 7.85. The van der Waals surface area contributed by atoms with Crippen molar-refractivity contribution < 1.29 is 19.1 Å². The van der Waals surface area contributed by atoms with Crippen LogP contribution in [0, 0.1) is 0 Å². The minimum atomic E-state index is -0.507. The molecule has 1 aliphatic rings. The summed E-state index contributed by atoms with van der Waals surface area (Å²) in [5.74, 6) is 0. The lowest BCUT2D eigenvalue weighted by atomic mass is 9.91. The van der Waals surface area contributed by atoms with Gasteiger partial charge in [-0.05, 0) is 67.2 Å². The first-order chi connectivity index (χ1) is 9.94. The molecule has 2 amide bonds. The summed E-state index contributed by atoms with van der Waals surface area (Å²) in [5, 5.41) is 5.75. The van der Waals surface area contributed by atoms with Crippen LogP contribution < -0.4 is 10.6 Å². The SMILES string of the molecule is CC(C)(C)OC(=O)NC1CCC[C@H](NC(=O)OC(C)(C)C)C1. The van der Waals surface area contributed by atoms with Crippen molar-refractivity contribution in [2.24, 2.45) is 0 Å². The molecule has 0 spiro atoms. The normalized spacial score (nSPS) is 22.6. The number of carbonyl (C=O) groups is 2. The lowest BCUT2D eigenvalue weighted by molar-refractivity contribution is 0.0463. The molecule has 6 nitrogen and oxygen atoms in total. The number of ether oxygens (including phenoxy) is 2. The Kier molecular flexibility index (Phi) is 6.08. The van der Waals surface area contributed by atoms with Gasteiger partial charge in [-0.2, -0.15) is 0 Å². The first kappa shape index (κ1) is 18.6. The number of nitrogens with one attached hydrogen (secondary N) is 2. The van der Waals surface area contributed by atoms with Gasteiger partial charge in [-0.25, -0.2) is 9.59 Å². The highest BCUT2D eigenvalue weighted by Crippen LogP contribution is 2.20. The molecule has 128 valence electrons. The Balaban J connectivity index is 2.41. The molecule has 0 aromatic rings. The third-order valence-corrected chi connectivity index (χ3v) is 3.12. The van der Waals surface area contributed by atoms with Gasteiger partial charge in [0.1, 0.15) is 11.2 Å². The predicted molar refractivity (Wildman–Crippen MR) is 84.8 cm³/mol. The van der Waals surface area contributed by atoms with Gasteiger partial charge in [0.25, 0.3) is 0 Å². The monoisotopic (exact) mass is 314 g/mol. The Morgan fingerprint density at radius 2 is 1.18 bits per heavy atom. The quantitative estimate of drug-likeness (QED) is 0.819. The first-order valence-electron chi connectivity index (χ1n) is 7.94. The van der Waals surface area contributed by atoms with Gasteiger partial charge in [-0.15, -0.1) is 0 Å². The number of hydrogen-bond acceptors (Lipinski definition) is 4.